The first-order valence-electron chi connectivity index (χ1n) is 8.10. The third-order valence-corrected chi connectivity index (χ3v) is 5.22. The van der Waals surface area contributed by atoms with Crippen LogP contribution in [0.1, 0.15) is 61.1 Å². The Morgan fingerprint density at radius 2 is 1.95 bits per heavy atom. The Morgan fingerprint density at radius 1 is 1.23 bits per heavy atom. The van der Waals surface area contributed by atoms with E-state index in [9.17, 15) is 9.90 Å². The van der Waals surface area contributed by atoms with Crippen LogP contribution in [-0.2, 0) is 4.79 Å². The van der Waals surface area contributed by atoms with Crippen molar-refractivity contribution >= 4 is 16.7 Å². The molecular formula is C19H20O3. The lowest BCUT2D eigenvalue weighted by atomic mass is 9.87. The van der Waals surface area contributed by atoms with Gasteiger partial charge >= 0.3 is 5.97 Å². The summed E-state index contributed by atoms with van der Waals surface area (Å²) < 4.78 is 5.73. The Balaban J connectivity index is 2.05. The normalized spacial score (nSPS) is 22.1. The summed E-state index contributed by atoms with van der Waals surface area (Å²) in [6, 6.07) is 5.95. The van der Waals surface area contributed by atoms with Gasteiger partial charge in [0, 0.05) is 28.3 Å². The van der Waals surface area contributed by atoms with Crippen molar-refractivity contribution in [3.63, 3.8) is 0 Å². The average molecular weight is 296 g/mol. The lowest BCUT2D eigenvalue weighted by Gasteiger charge is -2.22. The van der Waals surface area contributed by atoms with Gasteiger partial charge in [-0.1, -0.05) is 24.6 Å². The number of phenols is 1. The van der Waals surface area contributed by atoms with Gasteiger partial charge in [-0.15, -0.1) is 0 Å². The van der Waals surface area contributed by atoms with E-state index in [1.165, 1.54) is 0 Å². The van der Waals surface area contributed by atoms with E-state index in [0.29, 0.717) is 29.8 Å². The summed E-state index contributed by atoms with van der Waals surface area (Å²) in [6.07, 6.45) is 3.70. The van der Waals surface area contributed by atoms with E-state index in [1.54, 1.807) is 0 Å². The lowest BCUT2D eigenvalue weighted by Crippen LogP contribution is -2.10. The summed E-state index contributed by atoms with van der Waals surface area (Å²) in [5, 5.41) is 12.4. The van der Waals surface area contributed by atoms with Gasteiger partial charge in [-0.3, -0.25) is 4.79 Å². The predicted octanol–water partition coefficient (Wildman–Crippen LogP) is 4.53. The number of ether oxygens (including phenoxy) is 1. The molecule has 2 atom stereocenters. The highest BCUT2D eigenvalue weighted by molar-refractivity contribution is 5.98. The summed E-state index contributed by atoms with van der Waals surface area (Å²) in [5.41, 5.74) is 3.23. The zero-order valence-corrected chi connectivity index (χ0v) is 13.0. The first-order chi connectivity index (χ1) is 10.6. The number of rotatable bonds is 2. The van der Waals surface area contributed by atoms with Crippen LogP contribution in [0.2, 0.25) is 0 Å². The number of benzene rings is 2. The summed E-state index contributed by atoms with van der Waals surface area (Å²) in [7, 11) is 0. The van der Waals surface area contributed by atoms with Crippen LogP contribution in [-0.4, -0.2) is 11.1 Å². The van der Waals surface area contributed by atoms with Gasteiger partial charge in [0.25, 0.3) is 0 Å². The van der Waals surface area contributed by atoms with Crippen molar-refractivity contribution in [3.8, 4) is 11.5 Å². The zero-order chi connectivity index (χ0) is 15.4. The average Bonchev–Trinajstić information content (AvgIpc) is 3.12. The molecule has 0 heterocycles. The molecule has 114 valence electrons. The molecule has 3 heteroatoms. The highest BCUT2D eigenvalue weighted by Gasteiger charge is 2.42. The molecule has 2 unspecified atom stereocenters. The molecule has 0 spiro atoms. The summed E-state index contributed by atoms with van der Waals surface area (Å²) in [5.74, 6) is 1.73. The van der Waals surface area contributed by atoms with Crippen molar-refractivity contribution in [2.75, 3.05) is 0 Å². The topological polar surface area (TPSA) is 46.5 Å². The number of phenolic OH excluding ortho intramolecular Hbond substituents is 1. The third-order valence-electron chi connectivity index (χ3n) is 5.22. The maximum Gasteiger partial charge on any atom is 0.310 e. The molecular weight excluding hydrogens is 276 g/mol. The Kier molecular flexibility index (Phi) is 2.93. The molecule has 22 heavy (non-hydrogen) atoms. The first-order valence-corrected chi connectivity index (χ1v) is 8.10. The van der Waals surface area contributed by atoms with E-state index in [0.717, 1.165) is 46.7 Å². The molecule has 2 aliphatic rings. The smallest absolute Gasteiger partial charge is 0.310 e. The van der Waals surface area contributed by atoms with Crippen molar-refractivity contribution in [1.82, 2.24) is 0 Å². The van der Waals surface area contributed by atoms with Crippen LogP contribution >= 0.6 is 0 Å². The molecule has 0 saturated heterocycles. The van der Waals surface area contributed by atoms with Crippen LogP contribution in [0.25, 0.3) is 10.8 Å². The number of aryl methyl sites for hydroxylation is 1. The fourth-order valence-electron chi connectivity index (χ4n) is 4.21. The number of esters is 1. The predicted molar refractivity (Wildman–Crippen MR) is 85.6 cm³/mol. The minimum atomic E-state index is -0.210. The Hall–Kier alpha value is -2.03. The summed E-state index contributed by atoms with van der Waals surface area (Å²) in [4.78, 5) is 11.9. The molecule has 0 aliphatic heterocycles. The quantitative estimate of drug-likeness (QED) is 0.654. The fourth-order valence-corrected chi connectivity index (χ4v) is 4.21. The van der Waals surface area contributed by atoms with Gasteiger partial charge in [0.2, 0.25) is 0 Å². The van der Waals surface area contributed by atoms with Gasteiger partial charge in [0.15, 0.2) is 0 Å². The molecule has 0 amide bonds. The van der Waals surface area contributed by atoms with Crippen LogP contribution in [0.3, 0.4) is 0 Å². The molecule has 0 aromatic heterocycles. The monoisotopic (exact) mass is 296 g/mol. The van der Waals surface area contributed by atoms with Gasteiger partial charge in [-0.05, 0) is 44.1 Å². The van der Waals surface area contributed by atoms with Crippen LogP contribution in [0.5, 0.6) is 11.5 Å². The lowest BCUT2D eigenvalue weighted by molar-refractivity contribution is -0.133. The van der Waals surface area contributed by atoms with Gasteiger partial charge in [-0.2, -0.15) is 0 Å². The zero-order valence-electron chi connectivity index (χ0n) is 13.0. The molecule has 1 fully saturated rings. The van der Waals surface area contributed by atoms with Crippen LogP contribution < -0.4 is 4.74 Å². The number of carbonyl (C=O) groups is 1. The van der Waals surface area contributed by atoms with Crippen molar-refractivity contribution in [1.29, 1.82) is 0 Å². The number of hydrogen-bond donors (Lipinski definition) is 1. The molecule has 0 radical (unpaired) electrons. The van der Waals surface area contributed by atoms with E-state index in [-0.39, 0.29) is 5.97 Å². The Labute approximate surface area is 129 Å². The standard InChI is InChI=1S/C19H20O3/c1-3-15(20)22-19-14-8-10(2)4-7-13(14)18(21)16-11-5-6-12(9-11)17(16)19/h4,7-8,11-12,21H,3,5-6,9H2,1-2H3. The molecule has 1 saturated carbocycles. The van der Waals surface area contributed by atoms with Gasteiger partial charge in [0.1, 0.15) is 11.5 Å². The van der Waals surface area contributed by atoms with Crippen LogP contribution in [0, 0.1) is 6.92 Å². The van der Waals surface area contributed by atoms with Crippen molar-refractivity contribution in [3.05, 3.63) is 34.9 Å². The number of hydrogen-bond acceptors (Lipinski definition) is 3. The maximum absolute atomic E-state index is 11.9. The van der Waals surface area contributed by atoms with Crippen LogP contribution in [0.15, 0.2) is 18.2 Å². The van der Waals surface area contributed by atoms with Crippen molar-refractivity contribution < 1.29 is 14.6 Å². The van der Waals surface area contributed by atoms with Gasteiger partial charge in [0.05, 0.1) is 0 Å². The Bertz CT molecular complexity index is 791. The summed E-state index contributed by atoms with van der Waals surface area (Å²) in [6.45, 7) is 3.82. The minimum Gasteiger partial charge on any atom is -0.507 e. The van der Waals surface area contributed by atoms with Gasteiger partial charge in [-0.25, -0.2) is 0 Å². The molecule has 3 nitrogen and oxygen atoms in total. The SMILES string of the molecule is CCC(=O)Oc1c2c(c(O)c3ccc(C)cc13)C1CCC2C1. The van der Waals surface area contributed by atoms with E-state index in [1.807, 2.05) is 32.0 Å². The highest BCUT2D eigenvalue weighted by atomic mass is 16.5. The van der Waals surface area contributed by atoms with Crippen LogP contribution in [0.4, 0.5) is 0 Å². The second-order valence-electron chi connectivity index (χ2n) is 6.59. The third kappa shape index (κ3) is 1.78. The van der Waals surface area contributed by atoms with E-state index < -0.39 is 0 Å². The molecule has 2 aliphatic carbocycles. The minimum absolute atomic E-state index is 0.210. The molecule has 2 bridgehead atoms. The second-order valence-corrected chi connectivity index (χ2v) is 6.59. The van der Waals surface area contributed by atoms with E-state index >= 15 is 0 Å². The highest BCUT2D eigenvalue weighted by Crippen LogP contribution is 2.60. The molecule has 1 N–H and O–H groups in total. The first kappa shape index (κ1) is 13.6. The maximum atomic E-state index is 11.9. The second kappa shape index (κ2) is 4.73. The Morgan fingerprint density at radius 3 is 2.68 bits per heavy atom. The molecule has 2 aromatic carbocycles. The largest absolute Gasteiger partial charge is 0.507 e. The van der Waals surface area contributed by atoms with E-state index in [2.05, 4.69) is 0 Å². The number of carbonyl (C=O) groups excluding carboxylic acids is 1. The van der Waals surface area contributed by atoms with Gasteiger partial charge < -0.3 is 9.84 Å². The van der Waals surface area contributed by atoms with Crippen molar-refractivity contribution in [2.45, 2.75) is 51.4 Å². The molecule has 2 aromatic rings. The molecule has 4 rings (SSSR count). The summed E-state index contributed by atoms with van der Waals surface area (Å²) >= 11 is 0. The van der Waals surface area contributed by atoms with E-state index in [4.69, 9.17) is 4.74 Å². The number of fused-ring (bicyclic) bond motifs is 6. The number of aromatic hydroxyl groups is 1. The fraction of sp³-hybridized carbons (Fsp3) is 0.421. The van der Waals surface area contributed by atoms with Crippen molar-refractivity contribution in [2.24, 2.45) is 0 Å².